The fraction of sp³-hybridized carbons (Fsp3) is 0.571. The van der Waals surface area contributed by atoms with E-state index in [1.54, 1.807) is 0 Å². The fourth-order valence-corrected chi connectivity index (χ4v) is 2.72. The molecule has 1 saturated carbocycles. The molecule has 88 valence electrons. The number of nitrogens with one attached hydrogen (secondary N) is 1. The number of rotatable bonds is 2. The first-order chi connectivity index (χ1) is 7.50. The van der Waals surface area contributed by atoms with Crippen LogP contribution in [-0.2, 0) is 0 Å². The van der Waals surface area contributed by atoms with Gasteiger partial charge in [0.25, 0.3) is 0 Å². The van der Waals surface area contributed by atoms with Crippen LogP contribution < -0.4 is 5.32 Å². The Kier molecular flexibility index (Phi) is 3.16. The Bertz CT molecular complexity index is 384. The molecule has 1 fully saturated rings. The molecule has 1 aliphatic carbocycles. The van der Waals surface area contributed by atoms with Gasteiger partial charge >= 0.3 is 0 Å². The molecule has 0 heterocycles. The third-order valence-corrected chi connectivity index (χ3v) is 4.26. The Labute approximate surface area is 103 Å². The highest BCUT2D eigenvalue weighted by atomic mass is 35.5. The van der Waals surface area contributed by atoms with Gasteiger partial charge in [-0.25, -0.2) is 0 Å². The molecule has 0 amide bonds. The van der Waals surface area contributed by atoms with Gasteiger partial charge in [0.15, 0.2) is 0 Å². The molecule has 2 heteroatoms. The van der Waals surface area contributed by atoms with Crippen molar-refractivity contribution in [2.75, 3.05) is 5.32 Å². The summed E-state index contributed by atoms with van der Waals surface area (Å²) in [6, 6.07) is 6.65. The first-order valence-electron chi connectivity index (χ1n) is 6.02. The molecule has 0 aromatic heterocycles. The predicted octanol–water partition coefficient (Wildman–Crippen LogP) is 4.64. The van der Waals surface area contributed by atoms with Crippen LogP contribution in [0.4, 0.5) is 5.69 Å². The normalized spacial score (nSPS) is 23.4. The standard InChI is InChI=1S/C14H20ClN/c1-10-11(15)6-4-7-12(10)16-13-8-5-9-14(13,2)3/h4,6-7,13,16H,5,8-9H2,1-3H3. The molecule has 0 aliphatic heterocycles. The molecule has 0 spiro atoms. The number of anilines is 1. The van der Waals surface area contributed by atoms with Crippen LogP contribution in [0.15, 0.2) is 18.2 Å². The van der Waals surface area contributed by atoms with Crippen molar-refractivity contribution in [3.8, 4) is 0 Å². The van der Waals surface area contributed by atoms with E-state index in [0.717, 1.165) is 10.6 Å². The third kappa shape index (κ3) is 2.20. The topological polar surface area (TPSA) is 12.0 Å². The second-order valence-corrected chi connectivity index (χ2v) is 5.90. The van der Waals surface area contributed by atoms with Gasteiger partial charge < -0.3 is 5.32 Å². The second-order valence-electron chi connectivity index (χ2n) is 5.49. The highest BCUT2D eigenvalue weighted by molar-refractivity contribution is 6.31. The predicted molar refractivity (Wildman–Crippen MR) is 71.2 cm³/mol. The van der Waals surface area contributed by atoms with Gasteiger partial charge in [0.2, 0.25) is 0 Å². The van der Waals surface area contributed by atoms with Crippen LogP contribution in [0.1, 0.15) is 38.7 Å². The zero-order valence-corrected chi connectivity index (χ0v) is 11.1. The van der Waals surface area contributed by atoms with E-state index in [9.17, 15) is 0 Å². The van der Waals surface area contributed by atoms with Gasteiger partial charge in [-0.1, -0.05) is 37.9 Å². The Morgan fingerprint density at radius 3 is 2.75 bits per heavy atom. The molecular formula is C14H20ClN. The van der Waals surface area contributed by atoms with Crippen molar-refractivity contribution in [1.29, 1.82) is 0 Å². The van der Waals surface area contributed by atoms with Gasteiger partial charge in [0.1, 0.15) is 0 Å². The van der Waals surface area contributed by atoms with Crippen molar-refractivity contribution in [2.24, 2.45) is 5.41 Å². The Balaban J connectivity index is 2.18. The summed E-state index contributed by atoms with van der Waals surface area (Å²) in [5, 5.41) is 4.50. The van der Waals surface area contributed by atoms with E-state index in [1.807, 2.05) is 12.1 Å². The Hall–Kier alpha value is -0.690. The van der Waals surface area contributed by atoms with Crippen LogP contribution in [0, 0.1) is 12.3 Å². The van der Waals surface area contributed by atoms with E-state index in [1.165, 1.54) is 24.9 Å². The number of hydrogen-bond donors (Lipinski definition) is 1. The summed E-state index contributed by atoms with van der Waals surface area (Å²) in [6.07, 6.45) is 3.90. The largest absolute Gasteiger partial charge is 0.382 e. The van der Waals surface area contributed by atoms with E-state index in [4.69, 9.17) is 11.6 Å². The molecule has 1 atom stereocenters. The lowest BCUT2D eigenvalue weighted by Crippen LogP contribution is -2.31. The zero-order chi connectivity index (χ0) is 11.8. The van der Waals surface area contributed by atoms with Crippen molar-refractivity contribution in [1.82, 2.24) is 0 Å². The summed E-state index contributed by atoms with van der Waals surface area (Å²) in [6.45, 7) is 6.77. The smallest absolute Gasteiger partial charge is 0.0455 e. The van der Waals surface area contributed by atoms with Gasteiger partial charge in [0, 0.05) is 16.8 Å². The molecule has 1 aromatic carbocycles. The van der Waals surface area contributed by atoms with Crippen LogP contribution in [0.25, 0.3) is 0 Å². The minimum Gasteiger partial charge on any atom is -0.382 e. The van der Waals surface area contributed by atoms with Crippen LogP contribution in [0.5, 0.6) is 0 Å². The average molecular weight is 238 g/mol. The van der Waals surface area contributed by atoms with Gasteiger partial charge in [0.05, 0.1) is 0 Å². The minimum atomic E-state index is 0.398. The maximum absolute atomic E-state index is 6.13. The second kappa shape index (κ2) is 4.29. The SMILES string of the molecule is Cc1c(Cl)cccc1NC1CCCC1(C)C. The fourth-order valence-electron chi connectivity index (χ4n) is 2.55. The summed E-state index contributed by atoms with van der Waals surface area (Å²) >= 11 is 6.13. The lowest BCUT2D eigenvalue weighted by atomic mass is 9.87. The highest BCUT2D eigenvalue weighted by Crippen LogP contribution is 2.39. The average Bonchev–Trinajstić information content (AvgIpc) is 2.54. The van der Waals surface area contributed by atoms with Crippen LogP contribution in [-0.4, -0.2) is 6.04 Å². The number of halogens is 1. The lowest BCUT2D eigenvalue weighted by molar-refractivity contribution is 0.350. The van der Waals surface area contributed by atoms with Gasteiger partial charge in [-0.15, -0.1) is 0 Å². The Morgan fingerprint density at radius 1 is 1.38 bits per heavy atom. The highest BCUT2D eigenvalue weighted by Gasteiger charge is 2.34. The number of benzene rings is 1. The van der Waals surface area contributed by atoms with Gasteiger partial charge in [-0.2, -0.15) is 0 Å². The quantitative estimate of drug-likeness (QED) is 0.790. The summed E-state index contributed by atoms with van der Waals surface area (Å²) in [5.74, 6) is 0. The van der Waals surface area contributed by atoms with Crippen molar-refractivity contribution < 1.29 is 0 Å². The molecule has 0 saturated heterocycles. The van der Waals surface area contributed by atoms with Crippen molar-refractivity contribution in [2.45, 2.75) is 46.1 Å². The Morgan fingerprint density at radius 2 is 2.12 bits per heavy atom. The minimum absolute atomic E-state index is 0.398. The van der Waals surface area contributed by atoms with Crippen LogP contribution >= 0.6 is 11.6 Å². The molecule has 1 aliphatic rings. The maximum atomic E-state index is 6.13. The monoisotopic (exact) mass is 237 g/mol. The summed E-state index contributed by atoms with van der Waals surface area (Å²) < 4.78 is 0. The third-order valence-electron chi connectivity index (χ3n) is 3.85. The molecule has 16 heavy (non-hydrogen) atoms. The molecule has 1 aromatic rings. The molecule has 1 N–H and O–H groups in total. The maximum Gasteiger partial charge on any atom is 0.0455 e. The first-order valence-corrected chi connectivity index (χ1v) is 6.40. The van der Waals surface area contributed by atoms with E-state index < -0.39 is 0 Å². The summed E-state index contributed by atoms with van der Waals surface area (Å²) in [5.41, 5.74) is 2.74. The number of hydrogen-bond acceptors (Lipinski definition) is 1. The first kappa shape index (κ1) is 11.8. The van der Waals surface area contributed by atoms with Crippen LogP contribution in [0.3, 0.4) is 0 Å². The molecule has 1 nitrogen and oxygen atoms in total. The van der Waals surface area contributed by atoms with Crippen LogP contribution in [0.2, 0.25) is 5.02 Å². The lowest BCUT2D eigenvalue weighted by Gasteiger charge is -2.29. The zero-order valence-electron chi connectivity index (χ0n) is 10.3. The molecule has 0 bridgehead atoms. The van der Waals surface area contributed by atoms with Gasteiger partial charge in [-0.3, -0.25) is 0 Å². The van der Waals surface area contributed by atoms with E-state index >= 15 is 0 Å². The molecule has 0 radical (unpaired) electrons. The summed E-state index contributed by atoms with van der Waals surface area (Å²) in [4.78, 5) is 0. The molecular weight excluding hydrogens is 218 g/mol. The van der Waals surface area contributed by atoms with Crippen molar-refractivity contribution in [3.05, 3.63) is 28.8 Å². The van der Waals surface area contributed by atoms with Crippen molar-refractivity contribution in [3.63, 3.8) is 0 Å². The van der Waals surface area contributed by atoms with E-state index in [2.05, 4.69) is 32.2 Å². The van der Waals surface area contributed by atoms with E-state index in [-0.39, 0.29) is 0 Å². The summed E-state index contributed by atoms with van der Waals surface area (Å²) in [7, 11) is 0. The van der Waals surface area contributed by atoms with E-state index in [0.29, 0.717) is 11.5 Å². The molecule has 1 unspecified atom stereocenters. The van der Waals surface area contributed by atoms with Gasteiger partial charge in [-0.05, 0) is 42.9 Å². The van der Waals surface area contributed by atoms with Crippen molar-refractivity contribution >= 4 is 17.3 Å². The molecule has 2 rings (SSSR count).